The summed E-state index contributed by atoms with van der Waals surface area (Å²) in [5.41, 5.74) is 1.01. The highest BCUT2D eigenvalue weighted by molar-refractivity contribution is 5.87. The molecule has 0 saturated carbocycles. The van der Waals surface area contributed by atoms with Crippen molar-refractivity contribution in [3.63, 3.8) is 0 Å². The van der Waals surface area contributed by atoms with E-state index in [4.69, 9.17) is 9.84 Å². The van der Waals surface area contributed by atoms with Gasteiger partial charge in [0.25, 0.3) is 0 Å². The van der Waals surface area contributed by atoms with Gasteiger partial charge < -0.3 is 20.5 Å². The fourth-order valence-corrected chi connectivity index (χ4v) is 3.84. The number of ether oxygens (including phenoxy) is 1. The SMILES string of the molecule is CC(NC(=O)CCCCNC(=O)OCC1c2ccccc2-c2ccccc21)(C(=O)O)C(F)(F)F. The number of halogens is 3. The van der Waals surface area contributed by atoms with Gasteiger partial charge in [0.2, 0.25) is 11.4 Å². The predicted octanol–water partition coefficient (Wildman–Crippen LogP) is 4.22. The smallest absolute Gasteiger partial charge is 0.422 e. The summed E-state index contributed by atoms with van der Waals surface area (Å²) in [7, 11) is 0. The zero-order valence-electron chi connectivity index (χ0n) is 18.4. The van der Waals surface area contributed by atoms with E-state index in [1.54, 1.807) is 0 Å². The number of carboxylic acid groups (broad SMARTS) is 1. The van der Waals surface area contributed by atoms with E-state index in [0.717, 1.165) is 22.3 Å². The molecule has 0 aliphatic heterocycles. The Morgan fingerprint density at radius 3 is 2.06 bits per heavy atom. The number of unbranched alkanes of at least 4 members (excludes halogenated alkanes) is 1. The lowest BCUT2D eigenvalue weighted by Gasteiger charge is -2.28. The summed E-state index contributed by atoms with van der Waals surface area (Å²) >= 11 is 0. The fourth-order valence-electron chi connectivity index (χ4n) is 3.84. The van der Waals surface area contributed by atoms with Gasteiger partial charge in [-0.1, -0.05) is 48.5 Å². The van der Waals surface area contributed by atoms with Gasteiger partial charge in [-0.15, -0.1) is 0 Å². The molecule has 1 atom stereocenters. The molecule has 3 N–H and O–H groups in total. The predicted molar refractivity (Wildman–Crippen MR) is 117 cm³/mol. The summed E-state index contributed by atoms with van der Waals surface area (Å²) in [6, 6.07) is 15.8. The number of amides is 2. The molecule has 0 aromatic heterocycles. The Bertz CT molecular complexity index is 1030. The number of alkyl carbamates (subject to hydrolysis) is 1. The van der Waals surface area contributed by atoms with Gasteiger partial charge >= 0.3 is 18.2 Å². The molecular formula is C24H25F3N2O5. The monoisotopic (exact) mass is 478 g/mol. The van der Waals surface area contributed by atoms with Gasteiger partial charge in [-0.25, -0.2) is 9.59 Å². The molecule has 0 saturated heterocycles. The minimum atomic E-state index is -5.14. The summed E-state index contributed by atoms with van der Waals surface area (Å²) in [6.07, 6.45) is -5.64. The lowest BCUT2D eigenvalue weighted by molar-refractivity contribution is -0.207. The van der Waals surface area contributed by atoms with Gasteiger partial charge in [0.05, 0.1) is 0 Å². The summed E-state index contributed by atoms with van der Waals surface area (Å²) in [5.74, 6) is -3.31. The molecule has 182 valence electrons. The maximum Gasteiger partial charge on any atom is 0.422 e. The first-order valence-corrected chi connectivity index (χ1v) is 10.7. The number of benzene rings is 2. The van der Waals surface area contributed by atoms with Crippen LogP contribution in [0, 0.1) is 0 Å². The van der Waals surface area contributed by atoms with Crippen LogP contribution in [-0.4, -0.2) is 47.9 Å². The van der Waals surface area contributed by atoms with Gasteiger partial charge in [-0.3, -0.25) is 4.79 Å². The number of alkyl halides is 3. The van der Waals surface area contributed by atoms with Gasteiger partial charge in [0.15, 0.2) is 0 Å². The number of aliphatic carboxylic acids is 1. The average Bonchev–Trinajstić information content (AvgIpc) is 3.10. The van der Waals surface area contributed by atoms with Crippen molar-refractivity contribution in [1.82, 2.24) is 10.6 Å². The van der Waals surface area contributed by atoms with Crippen molar-refractivity contribution >= 4 is 18.0 Å². The standard InChI is InChI=1S/C24H25F3N2O5/c1-23(21(31)32,24(25,26)27)29-20(30)12-6-7-13-28-22(33)34-14-19-17-10-4-2-8-15(17)16-9-3-5-11-18(16)19/h2-5,8-11,19H,6-7,12-14H2,1H3,(H,28,33)(H,29,30)(H,31,32). The second-order valence-corrected chi connectivity index (χ2v) is 8.19. The van der Waals surface area contributed by atoms with Crippen LogP contribution in [0.1, 0.15) is 43.2 Å². The lowest BCUT2D eigenvalue weighted by atomic mass is 9.98. The van der Waals surface area contributed by atoms with E-state index in [0.29, 0.717) is 13.3 Å². The second kappa shape index (κ2) is 10.1. The quantitative estimate of drug-likeness (QED) is 0.468. The lowest BCUT2D eigenvalue weighted by Crippen LogP contribution is -2.61. The highest BCUT2D eigenvalue weighted by atomic mass is 19.4. The highest BCUT2D eigenvalue weighted by Gasteiger charge is 2.58. The van der Waals surface area contributed by atoms with Crippen LogP contribution in [0.2, 0.25) is 0 Å². The van der Waals surface area contributed by atoms with Crippen LogP contribution in [0.3, 0.4) is 0 Å². The van der Waals surface area contributed by atoms with Gasteiger partial charge in [0.1, 0.15) is 6.61 Å². The molecule has 10 heteroatoms. The van der Waals surface area contributed by atoms with Gasteiger partial charge in [0, 0.05) is 18.9 Å². The van der Waals surface area contributed by atoms with Crippen LogP contribution in [0.15, 0.2) is 48.5 Å². The van der Waals surface area contributed by atoms with Gasteiger partial charge in [-0.2, -0.15) is 13.2 Å². The van der Waals surface area contributed by atoms with Crippen molar-refractivity contribution in [3.05, 3.63) is 59.7 Å². The molecule has 0 fully saturated rings. The first kappa shape index (κ1) is 25.1. The molecule has 2 aromatic rings. The van der Waals surface area contributed by atoms with Crippen LogP contribution < -0.4 is 10.6 Å². The Hall–Kier alpha value is -3.56. The van der Waals surface area contributed by atoms with Crippen LogP contribution in [-0.2, 0) is 14.3 Å². The molecule has 0 spiro atoms. The molecule has 3 rings (SSSR count). The Kier molecular flexibility index (Phi) is 7.48. The van der Waals surface area contributed by atoms with Crippen molar-refractivity contribution in [3.8, 4) is 11.1 Å². The topological polar surface area (TPSA) is 105 Å². The second-order valence-electron chi connectivity index (χ2n) is 8.19. The number of rotatable bonds is 9. The maximum atomic E-state index is 12.9. The number of hydrogen-bond donors (Lipinski definition) is 3. The molecule has 0 bridgehead atoms. The largest absolute Gasteiger partial charge is 0.479 e. The first-order valence-electron chi connectivity index (χ1n) is 10.7. The molecule has 2 amide bonds. The molecule has 0 heterocycles. The first-order chi connectivity index (χ1) is 16.0. The summed E-state index contributed by atoms with van der Waals surface area (Å²) in [6.45, 7) is 0.693. The summed E-state index contributed by atoms with van der Waals surface area (Å²) in [4.78, 5) is 34.8. The van der Waals surface area contributed by atoms with E-state index in [1.807, 2.05) is 48.5 Å². The zero-order chi connectivity index (χ0) is 24.9. The Morgan fingerprint density at radius 1 is 0.971 bits per heavy atom. The van der Waals surface area contributed by atoms with Crippen LogP contribution in [0.25, 0.3) is 11.1 Å². The van der Waals surface area contributed by atoms with Crippen molar-refractivity contribution in [1.29, 1.82) is 0 Å². The third kappa shape index (κ3) is 5.32. The highest BCUT2D eigenvalue weighted by Crippen LogP contribution is 2.44. The van der Waals surface area contributed by atoms with Crippen molar-refractivity contribution in [2.75, 3.05) is 13.2 Å². The Morgan fingerprint density at radius 2 is 1.53 bits per heavy atom. The molecule has 1 aliphatic rings. The van der Waals surface area contributed by atoms with Crippen LogP contribution in [0.5, 0.6) is 0 Å². The number of carbonyl (C=O) groups excluding carboxylic acids is 2. The average molecular weight is 478 g/mol. The molecule has 7 nitrogen and oxygen atoms in total. The molecule has 1 unspecified atom stereocenters. The normalized spacial score (nSPS) is 14.5. The third-order valence-corrected chi connectivity index (χ3v) is 5.83. The van der Waals surface area contributed by atoms with E-state index < -0.39 is 29.7 Å². The van der Waals surface area contributed by atoms with E-state index in [-0.39, 0.29) is 31.9 Å². The number of fused-ring (bicyclic) bond motifs is 3. The molecule has 0 radical (unpaired) electrons. The van der Waals surface area contributed by atoms with Gasteiger partial charge in [-0.05, 0) is 42.0 Å². The van der Waals surface area contributed by atoms with E-state index in [9.17, 15) is 27.6 Å². The Balaban J connectivity index is 1.41. The summed E-state index contributed by atoms with van der Waals surface area (Å²) in [5, 5.41) is 12.9. The van der Waals surface area contributed by atoms with E-state index in [1.165, 1.54) is 5.32 Å². The molecule has 1 aliphatic carbocycles. The molecular weight excluding hydrogens is 453 g/mol. The fraction of sp³-hybridized carbons (Fsp3) is 0.375. The van der Waals surface area contributed by atoms with Crippen LogP contribution >= 0.6 is 0 Å². The number of carboxylic acids is 1. The number of carbonyl (C=O) groups is 3. The van der Waals surface area contributed by atoms with Crippen LogP contribution in [0.4, 0.5) is 18.0 Å². The van der Waals surface area contributed by atoms with E-state index >= 15 is 0 Å². The third-order valence-electron chi connectivity index (χ3n) is 5.83. The number of hydrogen-bond acceptors (Lipinski definition) is 4. The summed E-state index contributed by atoms with van der Waals surface area (Å²) < 4.78 is 44.2. The number of nitrogens with one attached hydrogen (secondary N) is 2. The van der Waals surface area contributed by atoms with Crippen molar-refractivity contribution in [2.24, 2.45) is 0 Å². The zero-order valence-corrected chi connectivity index (χ0v) is 18.4. The molecule has 2 aromatic carbocycles. The van der Waals surface area contributed by atoms with E-state index in [2.05, 4.69) is 5.32 Å². The minimum absolute atomic E-state index is 0.0842. The van der Waals surface area contributed by atoms with Crippen molar-refractivity contribution < 1.29 is 37.4 Å². The maximum absolute atomic E-state index is 12.9. The Labute approximate surface area is 194 Å². The minimum Gasteiger partial charge on any atom is -0.479 e. The molecule has 34 heavy (non-hydrogen) atoms. The van der Waals surface area contributed by atoms with Crippen molar-refractivity contribution in [2.45, 2.75) is 43.8 Å².